The summed E-state index contributed by atoms with van der Waals surface area (Å²) in [5.74, 6) is -0.464. The molecule has 0 bridgehead atoms. The summed E-state index contributed by atoms with van der Waals surface area (Å²) in [6.07, 6.45) is 1.32. The van der Waals surface area contributed by atoms with E-state index in [4.69, 9.17) is 0 Å². The lowest BCUT2D eigenvalue weighted by Gasteiger charge is -2.04. The Kier molecular flexibility index (Phi) is 2.89. The third-order valence-electron chi connectivity index (χ3n) is 3.16. The van der Waals surface area contributed by atoms with Crippen LogP contribution in [0.25, 0.3) is 16.7 Å². The third kappa shape index (κ3) is 1.93. The van der Waals surface area contributed by atoms with Gasteiger partial charge in [-0.25, -0.2) is 0 Å². The van der Waals surface area contributed by atoms with Gasteiger partial charge >= 0.3 is 5.69 Å². The SMILES string of the molecule is CCCc1nnc2c(=O)[nH]c3cc([N+](=O)[O-])c(F)cc3n12. The molecule has 108 valence electrons. The molecular formula is C12H10FN5O3. The van der Waals surface area contributed by atoms with E-state index in [1.807, 2.05) is 6.92 Å². The zero-order valence-electron chi connectivity index (χ0n) is 11.0. The van der Waals surface area contributed by atoms with Gasteiger partial charge in [0.25, 0.3) is 5.56 Å². The lowest BCUT2D eigenvalue weighted by atomic mass is 10.2. The van der Waals surface area contributed by atoms with Gasteiger partial charge in [0, 0.05) is 18.6 Å². The molecule has 1 aromatic carbocycles. The summed E-state index contributed by atoms with van der Waals surface area (Å²) in [6.45, 7) is 1.93. The van der Waals surface area contributed by atoms with Crippen LogP contribution < -0.4 is 5.56 Å². The number of hydrogen-bond acceptors (Lipinski definition) is 5. The first-order valence-electron chi connectivity index (χ1n) is 6.27. The molecule has 0 saturated carbocycles. The van der Waals surface area contributed by atoms with Crippen LogP contribution in [0.4, 0.5) is 10.1 Å². The Hall–Kier alpha value is -2.84. The van der Waals surface area contributed by atoms with Crippen molar-refractivity contribution in [2.75, 3.05) is 0 Å². The highest BCUT2D eigenvalue weighted by atomic mass is 19.1. The Morgan fingerprint density at radius 2 is 2.19 bits per heavy atom. The first-order valence-corrected chi connectivity index (χ1v) is 6.27. The minimum atomic E-state index is -0.975. The molecule has 0 amide bonds. The molecular weight excluding hydrogens is 281 g/mol. The third-order valence-corrected chi connectivity index (χ3v) is 3.16. The highest BCUT2D eigenvalue weighted by Gasteiger charge is 2.19. The van der Waals surface area contributed by atoms with Crippen molar-refractivity contribution in [3.8, 4) is 0 Å². The Labute approximate surface area is 116 Å². The molecule has 0 fully saturated rings. The molecule has 8 nitrogen and oxygen atoms in total. The van der Waals surface area contributed by atoms with E-state index in [-0.39, 0.29) is 11.2 Å². The molecule has 2 heterocycles. The number of aromatic nitrogens is 4. The number of nitrogens with zero attached hydrogens (tertiary/aromatic N) is 4. The molecule has 0 aliphatic rings. The predicted molar refractivity (Wildman–Crippen MR) is 71.7 cm³/mol. The molecule has 0 atom stereocenters. The maximum Gasteiger partial charge on any atom is 0.307 e. The van der Waals surface area contributed by atoms with Gasteiger partial charge in [0.05, 0.1) is 16.0 Å². The Morgan fingerprint density at radius 3 is 2.86 bits per heavy atom. The van der Waals surface area contributed by atoms with Crippen molar-refractivity contribution in [2.45, 2.75) is 19.8 Å². The number of rotatable bonds is 3. The molecule has 0 radical (unpaired) electrons. The minimum Gasteiger partial charge on any atom is -0.317 e. The molecule has 0 unspecified atom stereocenters. The van der Waals surface area contributed by atoms with Crippen LogP contribution in [0.1, 0.15) is 19.2 Å². The van der Waals surface area contributed by atoms with Gasteiger partial charge in [-0.1, -0.05) is 6.92 Å². The normalized spacial score (nSPS) is 11.3. The smallest absolute Gasteiger partial charge is 0.307 e. The van der Waals surface area contributed by atoms with Gasteiger partial charge in [-0.15, -0.1) is 10.2 Å². The van der Waals surface area contributed by atoms with Crippen molar-refractivity contribution in [2.24, 2.45) is 0 Å². The number of fused-ring (bicyclic) bond motifs is 3. The number of benzene rings is 1. The zero-order chi connectivity index (χ0) is 15.1. The van der Waals surface area contributed by atoms with E-state index >= 15 is 0 Å². The largest absolute Gasteiger partial charge is 0.317 e. The maximum absolute atomic E-state index is 13.8. The van der Waals surface area contributed by atoms with Gasteiger partial charge in [-0.3, -0.25) is 19.3 Å². The van der Waals surface area contributed by atoms with E-state index in [0.717, 1.165) is 18.6 Å². The van der Waals surface area contributed by atoms with Crippen molar-refractivity contribution < 1.29 is 9.31 Å². The minimum absolute atomic E-state index is 0.0409. The van der Waals surface area contributed by atoms with Crippen molar-refractivity contribution >= 4 is 22.4 Å². The number of aromatic amines is 1. The van der Waals surface area contributed by atoms with Crippen LogP contribution in [0.3, 0.4) is 0 Å². The summed E-state index contributed by atoms with van der Waals surface area (Å²) < 4.78 is 15.3. The number of halogens is 1. The van der Waals surface area contributed by atoms with Gasteiger partial charge in [0.15, 0.2) is 0 Å². The van der Waals surface area contributed by atoms with Crippen LogP contribution >= 0.6 is 0 Å². The molecule has 0 saturated heterocycles. The standard InChI is InChI=1S/C12H10FN5O3/c1-2-3-10-15-16-11-12(19)14-7-5-8(18(20)21)6(13)4-9(7)17(10)11/h4-5H,2-3H2,1H3,(H,14,19). The van der Waals surface area contributed by atoms with E-state index < -0.39 is 22.0 Å². The number of aryl methyl sites for hydroxylation is 1. The molecule has 0 aliphatic heterocycles. The van der Waals surface area contributed by atoms with E-state index in [1.165, 1.54) is 4.40 Å². The van der Waals surface area contributed by atoms with Gasteiger partial charge < -0.3 is 4.98 Å². The van der Waals surface area contributed by atoms with Crippen LogP contribution in [-0.2, 0) is 6.42 Å². The lowest BCUT2D eigenvalue weighted by molar-refractivity contribution is -0.387. The second-order valence-electron chi connectivity index (χ2n) is 4.56. The monoisotopic (exact) mass is 291 g/mol. The molecule has 2 aromatic heterocycles. The van der Waals surface area contributed by atoms with Crippen LogP contribution in [-0.4, -0.2) is 24.5 Å². The fourth-order valence-corrected chi connectivity index (χ4v) is 2.26. The summed E-state index contributed by atoms with van der Waals surface area (Å²) in [7, 11) is 0. The van der Waals surface area contributed by atoms with Crippen molar-refractivity contribution in [3.63, 3.8) is 0 Å². The second kappa shape index (κ2) is 4.62. The van der Waals surface area contributed by atoms with Crippen LogP contribution in [0.15, 0.2) is 16.9 Å². The van der Waals surface area contributed by atoms with Crippen LogP contribution in [0.5, 0.6) is 0 Å². The molecule has 0 spiro atoms. The average molecular weight is 291 g/mol. The fraction of sp³-hybridized carbons (Fsp3) is 0.250. The summed E-state index contributed by atoms with van der Waals surface area (Å²) >= 11 is 0. The number of hydrogen-bond donors (Lipinski definition) is 1. The number of H-pyrrole nitrogens is 1. The number of nitrogens with one attached hydrogen (secondary N) is 1. The highest BCUT2D eigenvalue weighted by molar-refractivity contribution is 5.80. The zero-order valence-corrected chi connectivity index (χ0v) is 11.0. The van der Waals surface area contributed by atoms with Gasteiger partial charge in [-0.05, 0) is 6.42 Å². The quantitative estimate of drug-likeness (QED) is 0.582. The van der Waals surface area contributed by atoms with Crippen molar-refractivity contribution in [3.05, 3.63) is 44.2 Å². The second-order valence-corrected chi connectivity index (χ2v) is 4.56. The fourth-order valence-electron chi connectivity index (χ4n) is 2.26. The summed E-state index contributed by atoms with van der Waals surface area (Å²) in [4.78, 5) is 24.3. The summed E-state index contributed by atoms with van der Waals surface area (Å²) in [5, 5.41) is 18.5. The molecule has 1 N–H and O–H groups in total. The lowest BCUT2D eigenvalue weighted by Crippen LogP contribution is -2.12. The Morgan fingerprint density at radius 1 is 1.43 bits per heavy atom. The summed E-state index contributed by atoms with van der Waals surface area (Å²) in [5.41, 5.74) is -0.723. The molecule has 9 heteroatoms. The van der Waals surface area contributed by atoms with E-state index in [9.17, 15) is 19.3 Å². The van der Waals surface area contributed by atoms with Crippen molar-refractivity contribution in [1.82, 2.24) is 19.6 Å². The van der Waals surface area contributed by atoms with E-state index in [0.29, 0.717) is 17.8 Å². The molecule has 3 rings (SSSR count). The Bertz CT molecular complexity index is 930. The highest BCUT2D eigenvalue weighted by Crippen LogP contribution is 2.23. The van der Waals surface area contributed by atoms with Crippen LogP contribution in [0, 0.1) is 15.9 Å². The maximum atomic E-state index is 13.8. The predicted octanol–water partition coefficient (Wildman–Crippen LogP) is 1.57. The van der Waals surface area contributed by atoms with Crippen molar-refractivity contribution in [1.29, 1.82) is 0 Å². The van der Waals surface area contributed by atoms with Gasteiger partial charge in [0.1, 0.15) is 5.82 Å². The molecule has 3 aromatic rings. The molecule has 0 aliphatic carbocycles. The topological polar surface area (TPSA) is 106 Å². The first-order chi connectivity index (χ1) is 10.0. The average Bonchev–Trinajstić information content (AvgIpc) is 2.84. The van der Waals surface area contributed by atoms with Gasteiger partial charge in [-0.2, -0.15) is 4.39 Å². The number of nitro benzene ring substituents is 1. The van der Waals surface area contributed by atoms with E-state index in [2.05, 4.69) is 15.2 Å². The number of nitro groups is 1. The van der Waals surface area contributed by atoms with Crippen LogP contribution in [0.2, 0.25) is 0 Å². The van der Waals surface area contributed by atoms with Gasteiger partial charge in [0.2, 0.25) is 11.5 Å². The Balaban J connectivity index is 2.47. The van der Waals surface area contributed by atoms with E-state index in [1.54, 1.807) is 0 Å². The first kappa shape index (κ1) is 13.2. The summed E-state index contributed by atoms with van der Waals surface area (Å²) in [6, 6.07) is 2.01. The molecule has 21 heavy (non-hydrogen) atoms.